The zero-order valence-electron chi connectivity index (χ0n) is 15.6. The van der Waals surface area contributed by atoms with E-state index in [4.69, 9.17) is 4.98 Å². The third kappa shape index (κ3) is 3.57. The lowest BCUT2D eigenvalue weighted by atomic mass is 9.93. The molecule has 0 atom stereocenters. The van der Waals surface area contributed by atoms with Crippen LogP contribution in [0.15, 0.2) is 36.5 Å². The summed E-state index contributed by atoms with van der Waals surface area (Å²) in [4.78, 5) is 26.0. The Hall–Kier alpha value is -2.43. The lowest BCUT2D eigenvalue weighted by molar-refractivity contribution is 0.0712. The number of hydrogen-bond donors (Lipinski definition) is 0. The van der Waals surface area contributed by atoms with E-state index in [1.807, 2.05) is 60.4 Å². The third-order valence-electron chi connectivity index (χ3n) is 5.47. The Kier molecular flexibility index (Phi) is 4.62. The van der Waals surface area contributed by atoms with E-state index in [9.17, 15) is 4.79 Å². The van der Waals surface area contributed by atoms with Crippen LogP contribution in [0.2, 0.25) is 0 Å². The molecule has 1 aromatic carbocycles. The van der Waals surface area contributed by atoms with E-state index in [-0.39, 0.29) is 5.91 Å². The van der Waals surface area contributed by atoms with Gasteiger partial charge in [0, 0.05) is 62.2 Å². The second-order valence-corrected chi connectivity index (χ2v) is 7.62. The lowest BCUT2D eigenvalue weighted by Crippen LogP contribution is -2.38. The van der Waals surface area contributed by atoms with Crippen LogP contribution in [0.25, 0.3) is 0 Å². The molecule has 5 nitrogen and oxygen atoms in total. The third-order valence-corrected chi connectivity index (χ3v) is 5.47. The summed E-state index contributed by atoms with van der Waals surface area (Å²) in [5.74, 6) is 2.18. The van der Waals surface area contributed by atoms with Crippen LogP contribution in [-0.2, 0) is 0 Å². The topological polar surface area (TPSA) is 49.3 Å². The van der Waals surface area contributed by atoms with E-state index in [1.165, 1.54) is 12.8 Å². The lowest BCUT2D eigenvalue weighted by Gasteiger charge is -2.32. The SMILES string of the molecule is CN(C)c1ccc(C(=O)N2CCC(c3ccnc(C4CC4)n3)CC2)cc1. The zero-order chi connectivity index (χ0) is 18.1. The van der Waals surface area contributed by atoms with Gasteiger partial charge in [0.15, 0.2) is 0 Å². The van der Waals surface area contributed by atoms with Crippen molar-refractivity contribution in [3.63, 3.8) is 0 Å². The second kappa shape index (κ2) is 7.06. The highest BCUT2D eigenvalue weighted by atomic mass is 16.2. The minimum atomic E-state index is 0.134. The van der Waals surface area contributed by atoms with Gasteiger partial charge < -0.3 is 9.80 Å². The number of nitrogens with zero attached hydrogens (tertiary/aromatic N) is 4. The molecule has 5 heteroatoms. The van der Waals surface area contributed by atoms with Gasteiger partial charge in [-0.05, 0) is 56.0 Å². The first kappa shape index (κ1) is 17.0. The fourth-order valence-corrected chi connectivity index (χ4v) is 3.62. The molecule has 2 aromatic rings. The standard InChI is InChI=1S/C21H26N4O/c1-24(2)18-7-5-17(6-8-18)21(26)25-13-10-15(11-14-25)19-9-12-22-20(23-19)16-3-4-16/h5-9,12,15-16H,3-4,10-11,13-14H2,1-2H3. The largest absolute Gasteiger partial charge is 0.378 e. The first-order valence-corrected chi connectivity index (χ1v) is 9.51. The molecule has 2 aliphatic rings. The normalized spacial score (nSPS) is 18.0. The Balaban J connectivity index is 1.38. The number of likely N-dealkylation sites (tertiary alicyclic amines) is 1. The predicted octanol–water partition coefficient (Wildman–Crippen LogP) is 3.44. The maximum absolute atomic E-state index is 12.8. The molecule has 1 saturated carbocycles. The maximum atomic E-state index is 12.8. The van der Waals surface area contributed by atoms with Gasteiger partial charge in [-0.25, -0.2) is 9.97 Å². The van der Waals surface area contributed by atoms with Crippen molar-refractivity contribution in [3.8, 4) is 0 Å². The average Bonchev–Trinajstić information content (AvgIpc) is 3.53. The van der Waals surface area contributed by atoms with Gasteiger partial charge in [-0.3, -0.25) is 4.79 Å². The van der Waals surface area contributed by atoms with Crippen molar-refractivity contribution in [1.29, 1.82) is 0 Å². The van der Waals surface area contributed by atoms with Gasteiger partial charge in [-0.1, -0.05) is 0 Å². The molecule has 1 aliphatic carbocycles. The number of carbonyl (C=O) groups is 1. The van der Waals surface area contributed by atoms with Crippen LogP contribution in [0.4, 0.5) is 5.69 Å². The highest BCUT2D eigenvalue weighted by Gasteiger charge is 2.29. The Morgan fingerprint density at radius 3 is 2.31 bits per heavy atom. The van der Waals surface area contributed by atoms with Crippen molar-refractivity contribution in [2.45, 2.75) is 37.5 Å². The van der Waals surface area contributed by atoms with Gasteiger partial charge in [-0.2, -0.15) is 0 Å². The van der Waals surface area contributed by atoms with Crippen LogP contribution in [0.5, 0.6) is 0 Å². The zero-order valence-corrected chi connectivity index (χ0v) is 15.6. The van der Waals surface area contributed by atoms with Crippen molar-refractivity contribution in [3.05, 3.63) is 53.6 Å². The number of anilines is 1. The molecule has 1 saturated heterocycles. The molecule has 0 unspecified atom stereocenters. The van der Waals surface area contributed by atoms with Gasteiger partial charge in [-0.15, -0.1) is 0 Å². The Morgan fingerprint density at radius 1 is 1.00 bits per heavy atom. The molecule has 1 amide bonds. The molecule has 136 valence electrons. The molecule has 26 heavy (non-hydrogen) atoms. The summed E-state index contributed by atoms with van der Waals surface area (Å²) in [6.45, 7) is 1.59. The van der Waals surface area contributed by atoms with Crippen LogP contribution >= 0.6 is 0 Å². The van der Waals surface area contributed by atoms with Crippen LogP contribution in [0, 0.1) is 0 Å². The number of benzene rings is 1. The summed E-state index contributed by atoms with van der Waals surface area (Å²) >= 11 is 0. The number of carbonyl (C=O) groups excluding carboxylic acids is 1. The summed E-state index contributed by atoms with van der Waals surface area (Å²) in [5, 5.41) is 0. The Labute approximate surface area is 155 Å². The van der Waals surface area contributed by atoms with E-state index < -0.39 is 0 Å². The molecule has 4 rings (SSSR count). The van der Waals surface area contributed by atoms with Crippen molar-refractivity contribution < 1.29 is 4.79 Å². The van der Waals surface area contributed by atoms with Crippen LogP contribution in [0.1, 0.15) is 59.4 Å². The average molecular weight is 350 g/mol. The predicted molar refractivity (Wildman–Crippen MR) is 103 cm³/mol. The van der Waals surface area contributed by atoms with E-state index in [0.717, 1.165) is 48.7 Å². The summed E-state index contributed by atoms with van der Waals surface area (Å²) in [6, 6.07) is 9.90. The molecular weight excluding hydrogens is 324 g/mol. The molecular formula is C21H26N4O. The van der Waals surface area contributed by atoms with E-state index in [0.29, 0.717) is 11.8 Å². The number of amides is 1. The summed E-state index contributed by atoms with van der Waals surface area (Å²) < 4.78 is 0. The fourth-order valence-electron chi connectivity index (χ4n) is 3.62. The molecule has 0 radical (unpaired) electrons. The number of piperidine rings is 1. The monoisotopic (exact) mass is 350 g/mol. The van der Waals surface area contributed by atoms with Crippen LogP contribution in [-0.4, -0.2) is 48.0 Å². The van der Waals surface area contributed by atoms with Gasteiger partial charge in [0.25, 0.3) is 5.91 Å². The Morgan fingerprint density at radius 2 is 1.69 bits per heavy atom. The molecule has 1 aromatic heterocycles. The smallest absolute Gasteiger partial charge is 0.253 e. The first-order chi connectivity index (χ1) is 12.6. The summed E-state index contributed by atoms with van der Waals surface area (Å²) in [5.41, 5.74) is 3.03. The van der Waals surface area contributed by atoms with E-state index in [2.05, 4.69) is 4.98 Å². The fraction of sp³-hybridized carbons (Fsp3) is 0.476. The van der Waals surface area contributed by atoms with Gasteiger partial charge >= 0.3 is 0 Å². The van der Waals surface area contributed by atoms with Crippen molar-refractivity contribution in [1.82, 2.24) is 14.9 Å². The van der Waals surface area contributed by atoms with E-state index >= 15 is 0 Å². The van der Waals surface area contributed by atoms with Gasteiger partial charge in [0.1, 0.15) is 5.82 Å². The highest BCUT2D eigenvalue weighted by Crippen LogP contribution is 2.38. The molecule has 2 heterocycles. The molecule has 0 N–H and O–H groups in total. The summed E-state index contributed by atoms with van der Waals surface area (Å²) in [6.07, 6.45) is 6.30. The maximum Gasteiger partial charge on any atom is 0.253 e. The molecule has 0 spiro atoms. The minimum absolute atomic E-state index is 0.134. The minimum Gasteiger partial charge on any atom is -0.378 e. The first-order valence-electron chi connectivity index (χ1n) is 9.51. The van der Waals surface area contributed by atoms with E-state index in [1.54, 1.807) is 0 Å². The van der Waals surface area contributed by atoms with Crippen molar-refractivity contribution in [2.24, 2.45) is 0 Å². The van der Waals surface area contributed by atoms with Gasteiger partial charge in [0.05, 0.1) is 0 Å². The Bertz CT molecular complexity index is 775. The molecule has 1 aliphatic heterocycles. The van der Waals surface area contributed by atoms with Crippen LogP contribution < -0.4 is 4.90 Å². The van der Waals surface area contributed by atoms with Gasteiger partial charge in [0.2, 0.25) is 0 Å². The second-order valence-electron chi connectivity index (χ2n) is 7.62. The molecule has 0 bridgehead atoms. The summed E-state index contributed by atoms with van der Waals surface area (Å²) in [7, 11) is 4.01. The van der Waals surface area contributed by atoms with Crippen molar-refractivity contribution >= 4 is 11.6 Å². The quantitative estimate of drug-likeness (QED) is 0.847. The molecule has 2 fully saturated rings. The number of aromatic nitrogens is 2. The highest BCUT2D eigenvalue weighted by molar-refractivity contribution is 5.94. The number of rotatable bonds is 4. The van der Waals surface area contributed by atoms with Crippen LogP contribution in [0.3, 0.4) is 0 Å². The van der Waals surface area contributed by atoms with Crippen molar-refractivity contribution in [2.75, 3.05) is 32.1 Å². The number of hydrogen-bond acceptors (Lipinski definition) is 4.